The number of hydrogen-bond acceptors (Lipinski definition) is 2. The molecule has 1 N–H and O–H groups in total. The van der Waals surface area contributed by atoms with Crippen LogP contribution in [0.2, 0.25) is 0 Å². The summed E-state index contributed by atoms with van der Waals surface area (Å²) in [6, 6.07) is 0.396. The van der Waals surface area contributed by atoms with Crippen molar-refractivity contribution in [3.8, 4) is 0 Å². The summed E-state index contributed by atoms with van der Waals surface area (Å²) >= 11 is 0. The predicted octanol–water partition coefficient (Wildman–Crippen LogP) is 3.05. The quantitative estimate of drug-likeness (QED) is 0.605. The summed E-state index contributed by atoms with van der Waals surface area (Å²) in [5.74, 6) is 0. The van der Waals surface area contributed by atoms with Gasteiger partial charge in [0.25, 0.3) is 0 Å². The van der Waals surface area contributed by atoms with Gasteiger partial charge >= 0.3 is 0 Å². The van der Waals surface area contributed by atoms with Gasteiger partial charge in [0.1, 0.15) is 0 Å². The molecule has 15 heavy (non-hydrogen) atoms. The van der Waals surface area contributed by atoms with E-state index in [9.17, 15) is 5.11 Å². The van der Waals surface area contributed by atoms with E-state index in [-0.39, 0.29) is 0 Å². The first-order valence-electron chi connectivity index (χ1n) is 6.64. The highest BCUT2D eigenvalue weighted by Gasteiger charge is 2.15. The molecule has 2 nitrogen and oxygen atoms in total. The van der Waals surface area contributed by atoms with Crippen LogP contribution in [-0.2, 0) is 0 Å². The van der Waals surface area contributed by atoms with Gasteiger partial charge in [-0.15, -0.1) is 0 Å². The fourth-order valence-corrected chi connectivity index (χ4v) is 1.92. The molecule has 2 heteroatoms. The third kappa shape index (κ3) is 6.91. The average molecular weight is 215 g/mol. The monoisotopic (exact) mass is 215 g/mol. The van der Waals surface area contributed by atoms with Crippen molar-refractivity contribution in [3.05, 3.63) is 0 Å². The van der Waals surface area contributed by atoms with E-state index in [1.807, 2.05) is 0 Å². The van der Waals surface area contributed by atoms with Crippen LogP contribution in [0.1, 0.15) is 59.3 Å². The van der Waals surface area contributed by atoms with Gasteiger partial charge < -0.3 is 5.11 Å². The Labute approximate surface area is 95.7 Å². The Balaban J connectivity index is 4.02. The van der Waals surface area contributed by atoms with Crippen LogP contribution in [0.3, 0.4) is 0 Å². The van der Waals surface area contributed by atoms with E-state index in [2.05, 4.69) is 25.7 Å². The molecular formula is C13H29NO. The molecule has 0 aromatic heterocycles. The molecule has 92 valence electrons. The van der Waals surface area contributed by atoms with Gasteiger partial charge in [-0.2, -0.15) is 0 Å². The van der Waals surface area contributed by atoms with E-state index in [0.717, 1.165) is 19.5 Å². The van der Waals surface area contributed by atoms with Gasteiger partial charge in [0.15, 0.2) is 0 Å². The topological polar surface area (TPSA) is 23.5 Å². The molecule has 0 rings (SSSR count). The van der Waals surface area contributed by atoms with Crippen molar-refractivity contribution in [3.63, 3.8) is 0 Å². The maximum atomic E-state index is 9.38. The zero-order valence-corrected chi connectivity index (χ0v) is 10.8. The third-order valence-electron chi connectivity index (χ3n) is 2.95. The lowest BCUT2D eigenvalue weighted by atomic mass is 10.1. The lowest BCUT2D eigenvalue weighted by molar-refractivity contribution is 0.112. The second kappa shape index (κ2) is 10.4. The molecule has 0 bridgehead atoms. The van der Waals surface area contributed by atoms with E-state index in [1.54, 1.807) is 0 Å². The molecule has 0 aliphatic carbocycles. The SMILES string of the molecule is CCCCN(CCCC)C(CO)CCC. The fraction of sp³-hybridized carbons (Fsp3) is 1.00. The smallest absolute Gasteiger partial charge is 0.0586 e. The molecule has 0 aromatic rings. The van der Waals surface area contributed by atoms with Gasteiger partial charge in [-0.1, -0.05) is 40.0 Å². The van der Waals surface area contributed by atoms with Crippen molar-refractivity contribution >= 4 is 0 Å². The summed E-state index contributed by atoms with van der Waals surface area (Å²) in [6.45, 7) is 9.28. The minimum Gasteiger partial charge on any atom is -0.395 e. The molecule has 0 heterocycles. The molecule has 0 spiro atoms. The molecule has 0 saturated carbocycles. The summed E-state index contributed by atoms with van der Waals surface area (Å²) in [7, 11) is 0. The molecule has 0 aromatic carbocycles. The van der Waals surface area contributed by atoms with Crippen molar-refractivity contribution in [2.75, 3.05) is 19.7 Å². The average Bonchev–Trinajstić information content (AvgIpc) is 2.27. The van der Waals surface area contributed by atoms with E-state index < -0.39 is 0 Å². The Hall–Kier alpha value is -0.0800. The van der Waals surface area contributed by atoms with Gasteiger partial charge in [-0.25, -0.2) is 0 Å². The maximum Gasteiger partial charge on any atom is 0.0586 e. The molecule has 0 saturated heterocycles. The van der Waals surface area contributed by atoms with Crippen LogP contribution >= 0.6 is 0 Å². The number of nitrogens with zero attached hydrogens (tertiary/aromatic N) is 1. The second-order valence-corrected chi connectivity index (χ2v) is 4.37. The van der Waals surface area contributed by atoms with Gasteiger partial charge in [0, 0.05) is 6.04 Å². The second-order valence-electron chi connectivity index (χ2n) is 4.37. The minimum atomic E-state index is 0.321. The van der Waals surface area contributed by atoms with Crippen LogP contribution < -0.4 is 0 Å². The molecule has 0 amide bonds. The van der Waals surface area contributed by atoms with Crippen molar-refractivity contribution in [2.24, 2.45) is 0 Å². The number of hydrogen-bond donors (Lipinski definition) is 1. The van der Waals surface area contributed by atoms with Gasteiger partial charge in [-0.05, 0) is 32.4 Å². The molecular weight excluding hydrogens is 186 g/mol. The highest BCUT2D eigenvalue weighted by atomic mass is 16.3. The van der Waals surface area contributed by atoms with Crippen molar-refractivity contribution in [2.45, 2.75) is 65.3 Å². The van der Waals surface area contributed by atoms with Crippen molar-refractivity contribution in [1.82, 2.24) is 4.90 Å². The maximum absolute atomic E-state index is 9.38. The van der Waals surface area contributed by atoms with E-state index >= 15 is 0 Å². The number of aliphatic hydroxyl groups excluding tert-OH is 1. The lowest BCUT2D eigenvalue weighted by Crippen LogP contribution is -2.39. The number of rotatable bonds is 10. The molecule has 0 fully saturated rings. The summed E-state index contributed by atoms with van der Waals surface area (Å²) in [4.78, 5) is 2.48. The molecule has 1 unspecified atom stereocenters. The zero-order chi connectivity index (χ0) is 11.5. The Morgan fingerprint density at radius 2 is 1.47 bits per heavy atom. The molecule has 0 aliphatic rings. The molecule has 0 radical (unpaired) electrons. The minimum absolute atomic E-state index is 0.321. The van der Waals surface area contributed by atoms with Crippen LogP contribution in [-0.4, -0.2) is 35.7 Å². The largest absolute Gasteiger partial charge is 0.395 e. The van der Waals surface area contributed by atoms with Gasteiger partial charge in [0.2, 0.25) is 0 Å². The summed E-state index contributed by atoms with van der Waals surface area (Å²) in [5, 5.41) is 9.38. The van der Waals surface area contributed by atoms with E-state index in [1.165, 1.54) is 32.1 Å². The Morgan fingerprint density at radius 3 is 1.80 bits per heavy atom. The van der Waals surface area contributed by atoms with Gasteiger partial charge in [0.05, 0.1) is 6.61 Å². The van der Waals surface area contributed by atoms with Crippen LogP contribution in [0.4, 0.5) is 0 Å². The number of unbranched alkanes of at least 4 members (excludes halogenated alkanes) is 2. The van der Waals surface area contributed by atoms with E-state index in [0.29, 0.717) is 12.6 Å². The Morgan fingerprint density at radius 1 is 0.933 bits per heavy atom. The zero-order valence-electron chi connectivity index (χ0n) is 10.8. The molecule has 1 atom stereocenters. The summed E-state index contributed by atoms with van der Waals surface area (Å²) < 4.78 is 0. The first kappa shape index (κ1) is 14.9. The van der Waals surface area contributed by atoms with Crippen LogP contribution in [0, 0.1) is 0 Å². The first-order valence-corrected chi connectivity index (χ1v) is 6.64. The predicted molar refractivity (Wildman–Crippen MR) is 67.2 cm³/mol. The summed E-state index contributed by atoms with van der Waals surface area (Å²) in [5.41, 5.74) is 0. The highest BCUT2D eigenvalue weighted by molar-refractivity contribution is 4.70. The molecule has 0 aliphatic heterocycles. The third-order valence-corrected chi connectivity index (χ3v) is 2.95. The van der Waals surface area contributed by atoms with Crippen LogP contribution in [0.15, 0.2) is 0 Å². The Bertz CT molecular complexity index is 120. The van der Waals surface area contributed by atoms with Crippen LogP contribution in [0.5, 0.6) is 0 Å². The number of aliphatic hydroxyl groups is 1. The van der Waals surface area contributed by atoms with Crippen molar-refractivity contribution in [1.29, 1.82) is 0 Å². The van der Waals surface area contributed by atoms with E-state index in [4.69, 9.17) is 0 Å². The van der Waals surface area contributed by atoms with Crippen LogP contribution in [0.25, 0.3) is 0 Å². The van der Waals surface area contributed by atoms with Gasteiger partial charge in [-0.3, -0.25) is 4.90 Å². The lowest BCUT2D eigenvalue weighted by Gasteiger charge is -2.30. The fourth-order valence-electron chi connectivity index (χ4n) is 1.92. The summed E-state index contributed by atoms with van der Waals surface area (Å²) in [6.07, 6.45) is 7.29. The normalized spacial score (nSPS) is 13.4. The first-order chi connectivity index (χ1) is 7.29. The van der Waals surface area contributed by atoms with Crippen molar-refractivity contribution < 1.29 is 5.11 Å². The Kier molecular flexibility index (Phi) is 10.4. The standard InChI is InChI=1S/C13H29NO/c1-4-7-10-14(11-8-5-2)13(12-15)9-6-3/h13,15H,4-12H2,1-3H3. The highest BCUT2D eigenvalue weighted by Crippen LogP contribution is 2.09.